The zero-order valence-electron chi connectivity index (χ0n) is 26.1. The third-order valence-electron chi connectivity index (χ3n) is 8.01. The highest BCUT2D eigenvalue weighted by Crippen LogP contribution is 2.48. The first-order valence-electron chi connectivity index (χ1n) is 15.3. The summed E-state index contributed by atoms with van der Waals surface area (Å²) in [5.41, 5.74) is 7.40. The quantitative estimate of drug-likeness (QED) is 0.107. The number of benzene rings is 3. The highest BCUT2D eigenvalue weighted by Gasteiger charge is 2.31. The SMILES string of the molecule is CC1Cc2c(OCc3ccc(-c4ccccc4)cn3)ccc3c2c(c(CC(C)(C)C=NOCC(=O)O)n3Cc2ccc(Cl)cc2)S1. The fraction of sp³-hybridized carbons (Fsp3) is 0.270. The summed E-state index contributed by atoms with van der Waals surface area (Å²) in [6, 6.07) is 26.6. The van der Waals surface area contributed by atoms with Gasteiger partial charge in [-0.25, -0.2) is 4.79 Å². The zero-order chi connectivity index (χ0) is 32.3. The minimum absolute atomic E-state index is 0.351. The Morgan fingerprint density at radius 2 is 1.87 bits per heavy atom. The first kappa shape index (κ1) is 31.7. The Morgan fingerprint density at radius 1 is 1.09 bits per heavy atom. The molecule has 0 radical (unpaired) electrons. The number of aliphatic carboxylic acids is 1. The number of thioether (sulfide) groups is 1. The Kier molecular flexibility index (Phi) is 9.38. The van der Waals surface area contributed by atoms with Crippen LogP contribution < -0.4 is 4.74 Å². The topological polar surface area (TPSA) is 85.9 Å². The number of oxime groups is 1. The minimum Gasteiger partial charge on any atom is -0.487 e. The largest absolute Gasteiger partial charge is 0.487 e. The number of rotatable bonds is 12. The maximum atomic E-state index is 10.9. The Hall–Kier alpha value is -4.27. The molecular formula is C37H36ClN3O4S. The number of aromatic nitrogens is 2. The van der Waals surface area contributed by atoms with Gasteiger partial charge in [0.05, 0.1) is 11.2 Å². The third-order valence-corrected chi connectivity index (χ3v) is 9.51. The lowest BCUT2D eigenvalue weighted by Gasteiger charge is -2.24. The molecule has 1 N–H and O–H groups in total. The lowest BCUT2D eigenvalue weighted by atomic mass is 9.89. The number of carbonyl (C=O) groups is 1. The van der Waals surface area contributed by atoms with Crippen LogP contribution in [0.3, 0.4) is 0 Å². The number of nitrogens with zero attached hydrogens (tertiary/aromatic N) is 3. The van der Waals surface area contributed by atoms with E-state index >= 15 is 0 Å². The molecule has 1 atom stereocenters. The van der Waals surface area contributed by atoms with Crippen LogP contribution in [0, 0.1) is 5.41 Å². The number of halogens is 1. The summed E-state index contributed by atoms with van der Waals surface area (Å²) in [6.45, 7) is 7.01. The lowest BCUT2D eigenvalue weighted by Crippen LogP contribution is -2.21. The molecule has 1 aliphatic heterocycles. The van der Waals surface area contributed by atoms with Gasteiger partial charge in [-0.15, -0.1) is 11.8 Å². The molecule has 2 aromatic heterocycles. The molecule has 3 aromatic carbocycles. The van der Waals surface area contributed by atoms with Gasteiger partial charge in [0, 0.05) is 61.7 Å². The van der Waals surface area contributed by atoms with Crippen molar-refractivity contribution >= 4 is 46.4 Å². The van der Waals surface area contributed by atoms with Crippen molar-refractivity contribution in [3.8, 4) is 16.9 Å². The van der Waals surface area contributed by atoms with Crippen molar-refractivity contribution in [3.05, 3.63) is 113 Å². The zero-order valence-corrected chi connectivity index (χ0v) is 27.6. The fourth-order valence-corrected chi connectivity index (χ4v) is 7.29. The highest BCUT2D eigenvalue weighted by atomic mass is 35.5. The summed E-state index contributed by atoms with van der Waals surface area (Å²) in [4.78, 5) is 21.8. The van der Waals surface area contributed by atoms with E-state index in [0.29, 0.717) is 29.8 Å². The Bertz CT molecular complexity index is 1870. The molecule has 0 fully saturated rings. The Morgan fingerprint density at radius 3 is 2.59 bits per heavy atom. The maximum Gasteiger partial charge on any atom is 0.344 e. The molecule has 0 saturated carbocycles. The summed E-state index contributed by atoms with van der Waals surface area (Å²) in [5.74, 6) is -0.175. The Balaban J connectivity index is 1.35. The number of pyridine rings is 1. The normalized spacial score (nSPS) is 14.6. The lowest BCUT2D eigenvalue weighted by molar-refractivity contribution is -0.142. The van der Waals surface area contributed by atoms with Crippen LogP contribution in [0.15, 0.2) is 95.1 Å². The molecule has 0 spiro atoms. The van der Waals surface area contributed by atoms with Gasteiger partial charge in [-0.05, 0) is 54.3 Å². The van der Waals surface area contributed by atoms with Crippen molar-refractivity contribution in [3.63, 3.8) is 0 Å². The van der Waals surface area contributed by atoms with Crippen LogP contribution in [0.1, 0.15) is 43.3 Å². The Labute approximate surface area is 278 Å². The van der Waals surface area contributed by atoms with E-state index in [-0.39, 0.29) is 0 Å². The van der Waals surface area contributed by atoms with Gasteiger partial charge >= 0.3 is 5.97 Å². The third kappa shape index (κ3) is 7.24. The molecule has 0 saturated heterocycles. The van der Waals surface area contributed by atoms with Crippen LogP contribution in [0.5, 0.6) is 5.75 Å². The van der Waals surface area contributed by atoms with Crippen molar-refractivity contribution in [2.45, 2.75) is 56.9 Å². The van der Waals surface area contributed by atoms with Crippen LogP contribution >= 0.6 is 23.4 Å². The number of ether oxygens (including phenoxy) is 1. The van der Waals surface area contributed by atoms with Crippen LogP contribution in [-0.4, -0.2) is 38.7 Å². The maximum absolute atomic E-state index is 10.9. The average molecular weight is 654 g/mol. The van der Waals surface area contributed by atoms with Gasteiger partial charge in [0.25, 0.3) is 0 Å². The van der Waals surface area contributed by atoms with Gasteiger partial charge in [-0.3, -0.25) is 4.98 Å². The predicted octanol–water partition coefficient (Wildman–Crippen LogP) is 8.68. The molecule has 3 heterocycles. The van der Waals surface area contributed by atoms with Gasteiger partial charge in [0.15, 0.2) is 0 Å². The second kappa shape index (κ2) is 13.6. The molecule has 236 valence electrons. The van der Waals surface area contributed by atoms with E-state index in [1.807, 2.05) is 54.4 Å². The van der Waals surface area contributed by atoms with Crippen LogP contribution in [0.2, 0.25) is 5.02 Å². The molecular weight excluding hydrogens is 618 g/mol. The van der Waals surface area contributed by atoms with Crippen molar-refractivity contribution in [1.82, 2.24) is 9.55 Å². The van der Waals surface area contributed by atoms with Crippen LogP contribution in [0.4, 0.5) is 0 Å². The molecule has 0 amide bonds. The molecule has 6 rings (SSSR count). The van der Waals surface area contributed by atoms with Gasteiger partial charge in [0.2, 0.25) is 6.61 Å². The van der Waals surface area contributed by atoms with E-state index in [2.05, 4.69) is 77.9 Å². The van der Waals surface area contributed by atoms with Crippen molar-refractivity contribution in [2.75, 3.05) is 6.61 Å². The van der Waals surface area contributed by atoms with Gasteiger partial charge < -0.3 is 19.2 Å². The first-order valence-corrected chi connectivity index (χ1v) is 16.5. The molecule has 7 nitrogen and oxygen atoms in total. The monoisotopic (exact) mass is 653 g/mol. The molecule has 9 heteroatoms. The second-order valence-corrected chi connectivity index (χ2v) is 14.2. The van der Waals surface area contributed by atoms with E-state index < -0.39 is 18.0 Å². The van der Waals surface area contributed by atoms with Gasteiger partial charge in [-0.2, -0.15) is 0 Å². The van der Waals surface area contributed by atoms with Crippen molar-refractivity contribution < 1.29 is 19.5 Å². The summed E-state index contributed by atoms with van der Waals surface area (Å²) in [6.07, 6.45) is 5.18. The first-order chi connectivity index (χ1) is 22.2. The van der Waals surface area contributed by atoms with Crippen molar-refractivity contribution in [1.29, 1.82) is 0 Å². The number of hydrogen-bond donors (Lipinski definition) is 1. The molecule has 5 aromatic rings. The summed E-state index contributed by atoms with van der Waals surface area (Å²) in [7, 11) is 0. The number of carboxylic acids is 1. The molecule has 1 unspecified atom stereocenters. The van der Waals surface area contributed by atoms with E-state index in [9.17, 15) is 4.79 Å². The molecule has 0 aliphatic carbocycles. The standard InChI is InChI=1S/C37H36ClN3O4S/c1-24-17-30-33(44-21-29-14-11-27(19-39-29)26-7-5-4-6-8-26)16-15-31-35(30)36(46-24)32(18-37(2,3)23-40-45-22-34(42)43)41(31)20-25-9-12-28(38)13-10-25/h4-16,19,23-24H,17-18,20-22H2,1-3H3,(H,42,43). The number of hydrogen-bond acceptors (Lipinski definition) is 6. The summed E-state index contributed by atoms with van der Waals surface area (Å²) < 4.78 is 8.88. The van der Waals surface area contributed by atoms with Crippen molar-refractivity contribution in [2.24, 2.45) is 10.6 Å². The van der Waals surface area contributed by atoms with E-state index in [1.165, 1.54) is 21.5 Å². The highest BCUT2D eigenvalue weighted by molar-refractivity contribution is 8.00. The van der Waals surface area contributed by atoms with Gasteiger partial charge in [-0.1, -0.05) is 86.1 Å². The number of carboxylic acid groups (broad SMARTS) is 1. The smallest absolute Gasteiger partial charge is 0.344 e. The van der Waals surface area contributed by atoms with Gasteiger partial charge in [0.1, 0.15) is 12.4 Å². The van der Waals surface area contributed by atoms with E-state index in [0.717, 1.165) is 40.1 Å². The minimum atomic E-state index is -1.06. The van der Waals surface area contributed by atoms with E-state index in [4.69, 9.17) is 26.3 Å². The average Bonchev–Trinajstić information content (AvgIpc) is 3.32. The predicted molar refractivity (Wildman–Crippen MR) is 185 cm³/mol. The fourth-order valence-electron chi connectivity index (χ4n) is 5.84. The molecule has 1 aliphatic rings. The second-order valence-electron chi connectivity index (χ2n) is 12.3. The van der Waals surface area contributed by atoms with Crippen LogP contribution in [0.25, 0.3) is 22.0 Å². The molecule has 0 bridgehead atoms. The summed E-state index contributed by atoms with van der Waals surface area (Å²) >= 11 is 8.11. The summed E-state index contributed by atoms with van der Waals surface area (Å²) in [5, 5.41) is 15.2. The van der Waals surface area contributed by atoms with Crippen LogP contribution in [-0.2, 0) is 35.6 Å². The van der Waals surface area contributed by atoms with E-state index in [1.54, 1.807) is 6.21 Å². The molecule has 46 heavy (non-hydrogen) atoms.